The summed E-state index contributed by atoms with van der Waals surface area (Å²) in [6.45, 7) is 3.20. The molecule has 6 nitrogen and oxygen atoms in total. The molecule has 4 N–H and O–H groups in total. The highest BCUT2D eigenvalue weighted by atomic mass is 35.5. The van der Waals surface area contributed by atoms with E-state index in [0.717, 1.165) is 12.8 Å². The first-order valence-electron chi connectivity index (χ1n) is 6.59. The molecule has 0 aromatic heterocycles. The Labute approximate surface area is 129 Å². The standard InChI is InChI=1S/C13H18ClN3O3S/c1-7-11(14)5-10(6-12(7)15)21(19,20)17-8(2)13(18)16-9-3-4-9/h5-6,8-9,17H,3-4,15H2,1-2H3,(H,16,18). The largest absolute Gasteiger partial charge is 0.398 e. The van der Waals surface area contributed by atoms with Crippen molar-refractivity contribution in [3.63, 3.8) is 0 Å². The van der Waals surface area contributed by atoms with Gasteiger partial charge in [-0.05, 0) is 44.4 Å². The number of sulfonamides is 1. The van der Waals surface area contributed by atoms with E-state index in [1.807, 2.05) is 0 Å². The fourth-order valence-corrected chi connectivity index (χ4v) is 3.29. The van der Waals surface area contributed by atoms with Crippen molar-refractivity contribution in [2.45, 2.75) is 43.7 Å². The minimum absolute atomic E-state index is 0.0540. The summed E-state index contributed by atoms with van der Waals surface area (Å²) in [5.41, 5.74) is 6.64. The van der Waals surface area contributed by atoms with E-state index in [-0.39, 0.29) is 27.6 Å². The molecule has 0 saturated heterocycles. The van der Waals surface area contributed by atoms with Crippen molar-refractivity contribution >= 4 is 33.2 Å². The van der Waals surface area contributed by atoms with Crippen LogP contribution in [0.4, 0.5) is 5.69 Å². The van der Waals surface area contributed by atoms with Crippen molar-refractivity contribution in [3.05, 3.63) is 22.7 Å². The molecule has 1 aliphatic carbocycles. The van der Waals surface area contributed by atoms with Gasteiger partial charge in [0.25, 0.3) is 0 Å². The summed E-state index contributed by atoms with van der Waals surface area (Å²) in [4.78, 5) is 11.7. The van der Waals surface area contributed by atoms with Gasteiger partial charge in [-0.1, -0.05) is 11.6 Å². The van der Waals surface area contributed by atoms with Crippen LogP contribution < -0.4 is 15.8 Å². The highest BCUT2D eigenvalue weighted by Crippen LogP contribution is 2.26. The Morgan fingerprint density at radius 3 is 2.57 bits per heavy atom. The van der Waals surface area contributed by atoms with Gasteiger partial charge >= 0.3 is 0 Å². The quantitative estimate of drug-likeness (QED) is 0.705. The van der Waals surface area contributed by atoms with E-state index < -0.39 is 16.1 Å². The predicted molar refractivity (Wildman–Crippen MR) is 81.5 cm³/mol. The number of amides is 1. The predicted octanol–water partition coefficient (Wildman–Crippen LogP) is 1.18. The summed E-state index contributed by atoms with van der Waals surface area (Å²) in [6, 6.07) is 1.96. The van der Waals surface area contributed by atoms with Gasteiger partial charge in [-0.15, -0.1) is 0 Å². The molecule has 1 aliphatic rings. The first-order valence-corrected chi connectivity index (χ1v) is 8.45. The highest BCUT2D eigenvalue weighted by molar-refractivity contribution is 7.89. The lowest BCUT2D eigenvalue weighted by atomic mass is 10.2. The molecule has 1 fully saturated rings. The molecule has 21 heavy (non-hydrogen) atoms. The molecule has 8 heteroatoms. The molecule has 0 heterocycles. The number of carbonyl (C=O) groups excluding carboxylic acids is 1. The molecular weight excluding hydrogens is 314 g/mol. The number of anilines is 1. The van der Waals surface area contributed by atoms with Gasteiger partial charge in [0.1, 0.15) is 0 Å². The van der Waals surface area contributed by atoms with Gasteiger partial charge in [0, 0.05) is 16.8 Å². The normalized spacial score (nSPS) is 16.5. The van der Waals surface area contributed by atoms with Crippen LogP contribution in [0.3, 0.4) is 0 Å². The van der Waals surface area contributed by atoms with E-state index in [0.29, 0.717) is 5.56 Å². The van der Waals surface area contributed by atoms with E-state index in [1.165, 1.54) is 19.1 Å². The van der Waals surface area contributed by atoms with Crippen LogP contribution in [0.25, 0.3) is 0 Å². The van der Waals surface area contributed by atoms with Crippen LogP contribution in [0.15, 0.2) is 17.0 Å². The molecule has 0 bridgehead atoms. The minimum Gasteiger partial charge on any atom is -0.398 e. The number of rotatable bonds is 5. The third-order valence-corrected chi connectivity index (χ3v) is 5.23. The smallest absolute Gasteiger partial charge is 0.241 e. The van der Waals surface area contributed by atoms with E-state index in [9.17, 15) is 13.2 Å². The van der Waals surface area contributed by atoms with E-state index in [2.05, 4.69) is 10.0 Å². The van der Waals surface area contributed by atoms with Crippen molar-refractivity contribution in [1.29, 1.82) is 0 Å². The Kier molecular flexibility index (Phi) is 4.46. The number of carbonyl (C=O) groups is 1. The Hall–Kier alpha value is -1.31. The topological polar surface area (TPSA) is 101 Å². The maximum absolute atomic E-state index is 12.3. The van der Waals surface area contributed by atoms with Crippen LogP contribution in [0, 0.1) is 6.92 Å². The molecule has 1 saturated carbocycles. The second-order valence-electron chi connectivity index (χ2n) is 5.25. The number of hydrogen-bond acceptors (Lipinski definition) is 4. The van der Waals surface area contributed by atoms with E-state index >= 15 is 0 Å². The molecule has 0 spiro atoms. The first kappa shape index (κ1) is 16.1. The van der Waals surface area contributed by atoms with Gasteiger partial charge < -0.3 is 11.1 Å². The first-order chi connectivity index (χ1) is 9.70. The molecule has 1 amide bonds. The maximum Gasteiger partial charge on any atom is 0.241 e. The Morgan fingerprint density at radius 2 is 2.05 bits per heavy atom. The zero-order valence-electron chi connectivity index (χ0n) is 11.8. The van der Waals surface area contributed by atoms with Crippen LogP contribution in [0.5, 0.6) is 0 Å². The lowest BCUT2D eigenvalue weighted by molar-refractivity contribution is -0.122. The third-order valence-electron chi connectivity index (χ3n) is 3.32. The van der Waals surface area contributed by atoms with Crippen LogP contribution in [0.2, 0.25) is 5.02 Å². The molecule has 116 valence electrons. The van der Waals surface area contributed by atoms with E-state index in [1.54, 1.807) is 6.92 Å². The lowest BCUT2D eigenvalue weighted by Gasteiger charge is -2.15. The number of nitrogens with one attached hydrogen (secondary N) is 2. The van der Waals surface area contributed by atoms with Crippen LogP contribution in [0.1, 0.15) is 25.3 Å². The van der Waals surface area contributed by atoms with Gasteiger partial charge in [-0.3, -0.25) is 4.79 Å². The minimum atomic E-state index is -3.86. The van der Waals surface area contributed by atoms with Crippen molar-refractivity contribution in [2.75, 3.05) is 5.73 Å². The summed E-state index contributed by atoms with van der Waals surface area (Å²) < 4.78 is 26.8. The summed E-state index contributed by atoms with van der Waals surface area (Å²) in [7, 11) is -3.86. The van der Waals surface area contributed by atoms with E-state index in [4.69, 9.17) is 17.3 Å². The number of nitrogens with two attached hydrogens (primary N) is 1. The zero-order chi connectivity index (χ0) is 15.8. The second-order valence-corrected chi connectivity index (χ2v) is 7.37. The van der Waals surface area contributed by atoms with Crippen LogP contribution >= 0.6 is 11.6 Å². The molecule has 0 aliphatic heterocycles. The monoisotopic (exact) mass is 331 g/mol. The number of nitrogen functional groups attached to an aromatic ring is 1. The third kappa shape index (κ3) is 3.87. The fourth-order valence-electron chi connectivity index (χ4n) is 1.74. The Morgan fingerprint density at radius 1 is 1.43 bits per heavy atom. The SMILES string of the molecule is Cc1c(N)cc(S(=O)(=O)NC(C)C(=O)NC2CC2)cc1Cl. The second kappa shape index (κ2) is 5.82. The lowest BCUT2D eigenvalue weighted by Crippen LogP contribution is -2.45. The van der Waals surface area contributed by atoms with Crippen molar-refractivity contribution < 1.29 is 13.2 Å². The maximum atomic E-state index is 12.3. The fraction of sp³-hybridized carbons (Fsp3) is 0.462. The Bertz CT molecular complexity index is 648. The highest BCUT2D eigenvalue weighted by Gasteiger charge is 2.28. The molecule has 0 radical (unpaired) electrons. The van der Waals surface area contributed by atoms with Gasteiger partial charge in [0.2, 0.25) is 15.9 Å². The molecule has 1 atom stereocenters. The van der Waals surface area contributed by atoms with Crippen molar-refractivity contribution in [3.8, 4) is 0 Å². The summed E-state index contributed by atoms with van der Waals surface area (Å²) in [5, 5.41) is 3.01. The summed E-state index contributed by atoms with van der Waals surface area (Å²) >= 11 is 5.95. The average Bonchev–Trinajstić information content (AvgIpc) is 3.18. The van der Waals surface area contributed by atoms with Crippen molar-refractivity contribution in [2.24, 2.45) is 0 Å². The molecule has 1 aromatic carbocycles. The number of hydrogen-bond donors (Lipinski definition) is 3. The van der Waals surface area contributed by atoms with Crippen molar-refractivity contribution in [1.82, 2.24) is 10.0 Å². The molecule has 1 aromatic rings. The summed E-state index contributed by atoms with van der Waals surface area (Å²) in [5.74, 6) is -0.341. The number of benzene rings is 1. The van der Waals surface area contributed by atoms with Crippen LogP contribution in [-0.4, -0.2) is 26.4 Å². The number of halogens is 1. The van der Waals surface area contributed by atoms with Gasteiger partial charge in [0.15, 0.2) is 0 Å². The average molecular weight is 332 g/mol. The Balaban J connectivity index is 2.15. The molecule has 2 rings (SSSR count). The molecule has 1 unspecified atom stereocenters. The van der Waals surface area contributed by atoms with Gasteiger partial charge in [0.05, 0.1) is 10.9 Å². The summed E-state index contributed by atoms with van der Waals surface area (Å²) in [6.07, 6.45) is 1.88. The van der Waals surface area contributed by atoms with Gasteiger partial charge in [-0.2, -0.15) is 4.72 Å². The van der Waals surface area contributed by atoms with Gasteiger partial charge in [-0.25, -0.2) is 8.42 Å². The van der Waals surface area contributed by atoms with Crippen LogP contribution in [-0.2, 0) is 14.8 Å². The zero-order valence-corrected chi connectivity index (χ0v) is 13.4. The molecular formula is C13H18ClN3O3S.